The van der Waals surface area contributed by atoms with Crippen molar-refractivity contribution in [2.24, 2.45) is 0 Å². The van der Waals surface area contributed by atoms with Gasteiger partial charge in [0.05, 0.1) is 10.5 Å². The minimum Gasteiger partial charge on any atom is -0.478 e. The first-order valence-electron chi connectivity index (χ1n) is 5.17. The molecule has 0 amide bonds. The van der Waals surface area contributed by atoms with E-state index in [0.717, 1.165) is 10.7 Å². The Bertz CT molecular complexity index is 700. The number of halogens is 1. The molecule has 0 spiro atoms. The molecule has 0 radical (unpaired) electrons. The Hall–Kier alpha value is -1.60. The SMILES string of the molecule is O=C(O)c1coc(CS(=O)(=O)c2ccc(Br)cc2)c1. The Kier molecular flexibility index (Phi) is 3.77. The number of rotatable bonds is 4. The first-order valence-corrected chi connectivity index (χ1v) is 7.62. The summed E-state index contributed by atoms with van der Waals surface area (Å²) in [6.45, 7) is 0. The van der Waals surface area contributed by atoms with Crippen LogP contribution in [0.5, 0.6) is 0 Å². The minimum atomic E-state index is -3.55. The Balaban J connectivity index is 2.25. The van der Waals surface area contributed by atoms with E-state index < -0.39 is 15.8 Å². The summed E-state index contributed by atoms with van der Waals surface area (Å²) in [7, 11) is -3.55. The summed E-state index contributed by atoms with van der Waals surface area (Å²) in [6.07, 6.45) is 1.02. The van der Waals surface area contributed by atoms with Crippen molar-refractivity contribution in [2.75, 3.05) is 0 Å². The Morgan fingerprint density at radius 3 is 2.42 bits per heavy atom. The van der Waals surface area contributed by atoms with Gasteiger partial charge in [0.2, 0.25) is 0 Å². The molecule has 0 unspecified atom stereocenters. The number of carbonyl (C=O) groups is 1. The predicted octanol–water partition coefficient (Wildman–Crippen LogP) is 2.71. The lowest BCUT2D eigenvalue weighted by Crippen LogP contribution is -2.04. The molecule has 19 heavy (non-hydrogen) atoms. The highest BCUT2D eigenvalue weighted by Crippen LogP contribution is 2.20. The van der Waals surface area contributed by atoms with E-state index in [1.165, 1.54) is 18.2 Å². The van der Waals surface area contributed by atoms with Gasteiger partial charge in [-0.15, -0.1) is 0 Å². The second-order valence-corrected chi connectivity index (χ2v) is 6.73. The van der Waals surface area contributed by atoms with E-state index in [1.54, 1.807) is 12.1 Å². The normalized spacial score (nSPS) is 11.4. The number of carboxylic acids is 1. The fraction of sp³-hybridized carbons (Fsp3) is 0.0833. The topological polar surface area (TPSA) is 84.6 Å². The van der Waals surface area contributed by atoms with Crippen LogP contribution in [-0.4, -0.2) is 19.5 Å². The zero-order valence-electron chi connectivity index (χ0n) is 9.54. The summed E-state index contributed by atoms with van der Waals surface area (Å²) >= 11 is 3.22. The van der Waals surface area contributed by atoms with Crippen molar-refractivity contribution in [2.45, 2.75) is 10.6 Å². The number of sulfone groups is 1. The predicted molar refractivity (Wildman–Crippen MR) is 70.7 cm³/mol. The largest absolute Gasteiger partial charge is 0.478 e. The second kappa shape index (κ2) is 5.18. The van der Waals surface area contributed by atoms with Crippen molar-refractivity contribution in [1.29, 1.82) is 0 Å². The quantitative estimate of drug-likeness (QED) is 0.921. The number of benzene rings is 1. The zero-order chi connectivity index (χ0) is 14.0. The van der Waals surface area contributed by atoms with Crippen molar-refractivity contribution in [3.05, 3.63) is 52.4 Å². The standard InChI is InChI=1S/C12H9BrO5S/c13-9-1-3-11(4-2-9)19(16,17)7-10-5-8(6-18-10)12(14)15/h1-6H,7H2,(H,14,15). The van der Waals surface area contributed by atoms with E-state index in [0.29, 0.717) is 0 Å². The third-order valence-corrected chi connectivity index (χ3v) is 4.59. The van der Waals surface area contributed by atoms with Gasteiger partial charge in [0.1, 0.15) is 17.8 Å². The molecule has 100 valence electrons. The van der Waals surface area contributed by atoms with Gasteiger partial charge < -0.3 is 9.52 Å². The molecule has 1 N–H and O–H groups in total. The third-order valence-electron chi connectivity index (χ3n) is 2.41. The number of aromatic carboxylic acids is 1. The van der Waals surface area contributed by atoms with Crippen molar-refractivity contribution >= 4 is 31.7 Å². The van der Waals surface area contributed by atoms with E-state index in [4.69, 9.17) is 9.52 Å². The average Bonchev–Trinajstić information content (AvgIpc) is 2.77. The Morgan fingerprint density at radius 1 is 1.26 bits per heavy atom. The molecule has 1 heterocycles. The maximum atomic E-state index is 12.1. The smallest absolute Gasteiger partial charge is 0.338 e. The van der Waals surface area contributed by atoms with Gasteiger partial charge in [-0.25, -0.2) is 13.2 Å². The minimum absolute atomic E-state index is 0.0685. The van der Waals surface area contributed by atoms with Crippen LogP contribution in [0.3, 0.4) is 0 Å². The van der Waals surface area contributed by atoms with Crippen LogP contribution in [0.2, 0.25) is 0 Å². The molecule has 0 saturated carbocycles. The molecule has 5 nitrogen and oxygen atoms in total. The molecule has 0 fully saturated rings. The van der Waals surface area contributed by atoms with E-state index in [9.17, 15) is 13.2 Å². The number of carboxylic acid groups (broad SMARTS) is 1. The van der Waals surface area contributed by atoms with Crippen molar-refractivity contribution in [1.82, 2.24) is 0 Å². The number of furan rings is 1. The maximum Gasteiger partial charge on any atom is 0.338 e. The molecule has 1 aromatic heterocycles. The van der Waals surface area contributed by atoms with Gasteiger partial charge in [0, 0.05) is 4.47 Å². The van der Waals surface area contributed by atoms with Crippen LogP contribution in [0.1, 0.15) is 16.1 Å². The van der Waals surface area contributed by atoms with Gasteiger partial charge in [-0.05, 0) is 30.3 Å². The van der Waals surface area contributed by atoms with Crippen LogP contribution in [0.4, 0.5) is 0 Å². The lowest BCUT2D eigenvalue weighted by molar-refractivity contribution is 0.0696. The fourth-order valence-corrected chi connectivity index (χ4v) is 2.99. The summed E-state index contributed by atoms with van der Waals surface area (Å²) in [5.41, 5.74) is -0.0685. The summed E-state index contributed by atoms with van der Waals surface area (Å²) in [5.74, 6) is -1.43. The fourth-order valence-electron chi connectivity index (χ4n) is 1.48. The molecule has 1 aromatic carbocycles. The van der Waals surface area contributed by atoms with Crippen LogP contribution in [0.25, 0.3) is 0 Å². The molecule has 0 aliphatic heterocycles. The maximum absolute atomic E-state index is 12.1. The van der Waals surface area contributed by atoms with Gasteiger partial charge in [0.25, 0.3) is 0 Å². The molecule has 0 atom stereocenters. The van der Waals surface area contributed by atoms with Gasteiger partial charge in [-0.3, -0.25) is 0 Å². The summed E-state index contributed by atoms with van der Waals surface area (Å²) in [4.78, 5) is 10.8. The molecule has 0 aliphatic rings. The third kappa shape index (κ3) is 3.24. The van der Waals surface area contributed by atoms with Gasteiger partial charge in [-0.1, -0.05) is 15.9 Å². The highest BCUT2D eigenvalue weighted by Gasteiger charge is 2.18. The molecule has 2 rings (SSSR count). The highest BCUT2D eigenvalue weighted by atomic mass is 79.9. The van der Waals surface area contributed by atoms with E-state index in [1.807, 2.05) is 0 Å². The zero-order valence-corrected chi connectivity index (χ0v) is 11.9. The van der Waals surface area contributed by atoms with Crippen LogP contribution < -0.4 is 0 Å². The van der Waals surface area contributed by atoms with Crippen LogP contribution in [-0.2, 0) is 15.6 Å². The molecular weight excluding hydrogens is 336 g/mol. The van der Waals surface area contributed by atoms with Crippen LogP contribution in [0.15, 0.2) is 50.4 Å². The first kappa shape index (κ1) is 13.8. The second-order valence-electron chi connectivity index (χ2n) is 3.82. The van der Waals surface area contributed by atoms with Crippen molar-refractivity contribution in [3.8, 4) is 0 Å². The monoisotopic (exact) mass is 344 g/mol. The molecule has 7 heteroatoms. The molecule has 2 aromatic rings. The van der Waals surface area contributed by atoms with Gasteiger partial charge in [0.15, 0.2) is 9.84 Å². The average molecular weight is 345 g/mol. The molecule has 0 saturated heterocycles. The van der Waals surface area contributed by atoms with E-state index in [-0.39, 0.29) is 22.0 Å². The summed E-state index contributed by atoms with van der Waals surface area (Å²) in [5, 5.41) is 8.73. The van der Waals surface area contributed by atoms with Gasteiger partial charge >= 0.3 is 5.97 Å². The number of hydrogen-bond acceptors (Lipinski definition) is 4. The van der Waals surface area contributed by atoms with Crippen molar-refractivity contribution < 1.29 is 22.7 Å². The first-order chi connectivity index (χ1) is 8.88. The van der Waals surface area contributed by atoms with E-state index in [2.05, 4.69) is 15.9 Å². The summed E-state index contributed by atoms with van der Waals surface area (Å²) < 4.78 is 29.9. The number of hydrogen-bond donors (Lipinski definition) is 1. The van der Waals surface area contributed by atoms with E-state index >= 15 is 0 Å². The molecular formula is C12H9BrO5S. The van der Waals surface area contributed by atoms with Crippen LogP contribution >= 0.6 is 15.9 Å². The molecule has 0 aliphatic carbocycles. The van der Waals surface area contributed by atoms with Crippen molar-refractivity contribution in [3.63, 3.8) is 0 Å². The lowest BCUT2D eigenvalue weighted by atomic mass is 10.3. The molecule has 0 bridgehead atoms. The summed E-state index contributed by atoms with van der Waals surface area (Å²) in [6, 6.07) is 7.40. The van der Waals surface area contributed by atoms with Gasteiger partial charge in [-0.2, -0.15) is 0 Å². The highest BCUT2D eigenvalue weighted by molar-refractivity contribution is 9.10. The van der Waals surface area contributed by atoms with Crippen LogP contribution in [0, 0.1) is 0 Å². The lowest BCUT2D eigenvalue weighted by Gasteiger charge is -2.02. The Morgan fingerprint density at radius 2 is 1.89 bits per heavy atom. The Labute approximate surface area is 117 Å².